The van der Waals surface area contributed by atoms with Crippen LogP contribution in [0.25, 0.3) is 0 Å². The second-order valence-electron chi connectivity index (χ2n) is 6.36. The largest absolute Gasteiger partial charge is 0.481 e. The van der Waals surface area contributed by atoms with Crippen LogP contribution in [-0.2, 0) is 14.8 Å². The van der Waals surface area contributed by atoms with Gasteiger partial charge in [0.05, 0.1) is 11.7 Å². The van der Waals surface area contributed by atoms with Crippen LogP contribution in [0.1, 0.15) is 49.4 Å². The Kier molecular flexibility index (Phi) is 6.41. The zero-order chi connectivity index (χ0) is 18.4. The molecule has 0 aromatic heterocycles. The van der Waals surface area contributed by atoms with E-state index in [9.17, 15) is 18.0 Å². The molecule has 1 aliphatic rings. The first-order chi connectivity index (χ1) is 11.8. The Bertz CT molecular complexity index is 707. The van der Waals surface area contributed by atoms with Gasteiger partial charge >= 0.3 is 5.97 Å². The molecule has 1 fully saturated rings. The number of hydrogen-bond acceptors (Lipinski definition) is 4. The molecule has 0 spiro atoms. The number of nitrogens with one attached hydrogen (secondary N) is 2. The molecule has 1 saturated carbocycles. The highest BCUT2D eigenvalue weighted by Gasteiger charge is 2.26. The van der Waals surface area contributed by atoms with E-state index in [1.807, 2.05) is 0 Å². The van der Waals surface area contributed by atoms with E-state index >= 15 is 0 Å². The van der Waals surface area contributed by atoms with E-state index in [2.05, 4.69) is 10.0 Å². The summed E-state index contributed by atoms with van der Waals surface area (Å²) < 4.78 is 25.9. The van der Waals surface area contributed by atoms with Crippen molar-refractivity contribution in [3.8, 4) is 0 Å². The summed E-state index contributed by atoms with van der Waals surface area (Å²) in [5.74, 6) is -1.27. The van der Waals surface area contributed by atoms with Crippen LogP contribution in [0, 0.1) is 5.92 Å². The lowest BCUT2D eigenvalue weighted by Crippen LogP contribution is -2.38. The molecular weight excluding hydrogens is 344 g/mol. The molecule has 25 heavy (non-hydrogen) atoms. The van der Waals surface area contributed by atoms with Crippen LogP contribution in [0.3, 0.4) is 0 Å². The number of hydrogen-bond donors (Lipinski definition) is 3. The average molecular weight is 368 g/mol. The minimum atomic E-state index is -3.35. The molecule has 2 rings (SSSR count). The topological polar surface area (TPSA) is 113 Å². The molecular formula is C17H24N2O5S. The molecule has 138 valence electrons. The van der Waals surface area contributed by atoms with Crippen LogP contribution in [0.5, 0.6) is 0 Å². The van der Waals surface area contributed by atoms with Gasteiger partial charge in [0.25, 0.3) is 5.91 Å². The van der Waals surface area contributed by atoms with Crippen LogP contribution in [0.2, 0.25) is 0 Å². The lowest BCUT2D eigenvalue weighted by molar-refractivity contribution is -0.142. The number of carboxylic acids is 1. The Morgan fingerprint density at radius 2 is 1.72 bits per heavy atom. The van der Waals surface area contributed by atoms with Crippen LogP contribution in [-0.4, -0.2) is 37.2 Å². The number of aliphatic carboxylic acids is 1. The Morgan fingerprint density at radius 3 is 2.24 bits per heavy atom. The fourth-order valence-corrected chi connectivity index (χ4v) is 4.08. The average Bonchev–Trinajstić information content (AvgIpc) is 2.55. The third-order valence-electron chi connectivity index (χ3n) is 4.30. The van der Waals surface area contributed by atoms with E-state index < -0.39 is 16.0 Å². The normalized spacial score (nSPS) is 20.7. The summed E-state index contributed by atoms with van der Waals surface area (Å²) in [5.41, 5.74) is 0.866. The fourth-order valence-electron chi connectivity index (χ4n) is 2.94. The van der Waals surface area contributed by atoms with Gasteiger partial charge in [0.15, 0.2) is 0 Å². The maximum absolute atomic E-state index is 12.3. The van der Waals surface area contributed by atoms with Gasteiger partial charge < -0.3 is 10.4 Å². The Hall–Kier alpha value is -2.09. The smallest absolute Gasteiger partial charge is 0.306 e. The van der Waals surface area contributed by atoms with Gasteiger partial charge in [-0.15, -0.1) is 0 Å². The molecule has 7 nitrogen and oxygen atoms in total. The quantitative estimate of drug-likeness (QED) is 0.683. The standard InChI is InChI=1S/C17H24N2O5S/c1-2-11-25(23,24)19-15-9-3-12(4-10-15)16(20)18-14-7-5-13(6-8-14)17(21)22/h3-4,9-10,13-14,19H,2,5-8,11H2,1H3,(H,18,20)(H,21,22). The van der Waals surface area contributed by atoms with E-state index in [4.69, 9.17) is 5.11 Å². The maximum atomic E-state index is 12.3. The number of rotatable bonds is 7. The minimum Gasteiger partial charge on any atom is -0.481 e. The maximum Gasteiger partial charge on any atom is 0.306 e. The highest BCUT2D eigenvalue weighted by molar-refractivity contribution is 7.92. The van der Waals surface area contributed by atoms with Crippen molar-refractivity contribution in [3.63, 3.8) is 0 Å². The second-order valence-corrected chi connectivity index (χ2v) is 8.20. The van der Waals surface area contributed by atoms with Gasteiger partial charge in [0.2, 0.25) is 10.0 Å². The van der Waals surface area contributed by atoms with Gasteiger partial charge in [-0.05, 0) is 56.4 Å². The van der Waals surface area contributed by atoms with E-state index in [1.165, 1.54) is 0 Å². The molecule has 1 aromatic rings. The summed E-state index contributed by atoms with van der Waals surface area (Å²) >= 11 is 0. The van der Waals surface area contributed by atoms with Gasteiger partial charge in [-0.3, -0.25) is 14.3 Å². The molecule has 0 atom stereocenters. The van der Waals surface area contributed by atoms with Gasteiger partial charge in [0.1, 0.15) is 0 Å². The van der Waals surface area contributed by atoms with Crippen LogP contribution in [0.4, 0.5) is 5.69 Å². The van der Waals surface area contributed by atoms with Crippen molar-refractivity contribution in [2.24, 2.45) is 5.92 Å². The van der Waals surface area contributed by atoms with Crippen molar-refractivity contribution in [2.75, 3.05) is 10.5 Å². The molecule has 1 aromatic carbocycles. The Labute approximate surface area is 147 Å². The lowest BCUT2D eigenvalue weighted by Gasteiger charge is -2.26. The summed E-state index contributed by atoms with van der Waals surface area (Å²) in [6, 6.07) is 6.24. The number of carbonyl (C=O) groups is 2. The van der Waals surface area contributed by atoms with Crippen molar-refractivity contribution < 1.29 is 23.1 Å². The molecule has 0 unspecified atom stereocenters. The van der Waals surface area contributed by atoms with Gasteiger partial charge in [-0.2, -0.15) is 0 Å². The Balaban J connectivity index is 1.89. The predicted molar refractivity (Wildman–Crippen MR) is 95.0 cm³/mol. The number of anilines is 1. The van der Waals surface area contributed by atoms with Crippen molar-refractivity contribution in [3.05, 3.63) is 29.8 Å². The number of benzene rings is 1. The predicted octanol–water partition coefficient (Wildman–Crippen LogP) is 2.21. The lowest BCUT2D eigenvalue weighted by atomic mass is 9.86. The Morgan fingerprint density at radius 1 is 1.12 bits per heavy atom. The highest BCUT2D eigenvalue weighted by atomic mass is 32.2. The number of sulfonamides is 1. The number of amides is 1. The minimum absolute atomic E-state index is 0.0224. The summed E-state index contributed by atoms with van der Waals surface area (Å²) in [6.45, 7) is 1.79. The van der Waals surface area contributed by atoms with Gasteiger partial charge in [-0.1, -0.05) is 6.92 Å². The number of carboxylic acid groups (broad SMARTS) is 1. The van der Waals surface area contributed by atoms with Crippen LogP contribution >= 0.6 is 0 Å². The summed E-state index contributed by atoms with van der Waals surface area (Å²) in [4.78, 5) is 23.2. The first-order valence-electron chi connectivity index (χ1n) is 8.45. The third-order valence-corrected chi connectivity index (χ3v) is 5.80. The summed E-state index contributed by atoms with van der Waals surface area (Å²) in [7, 11) is -3.35. The van der Waals surface area contributed by atoms with Crippen LogP contribution < -0.4 is 10.0 Å². The SMILES string of the molecule is CCCS(=O)(=O)Nc1ccc(C(=O)NC2CCC(C(=O)O)CC2)cc1. The third kappa shape index (κ3) is 5.74. The summed E-state index contributed by atoms with van der Waals surface area (Å²) in [5, 5.41) is 11.9. The molecule has 3 N–H and O–H groups in total. The zero-order valence-electron chi connectivity index (χ0n) is 14.2. The molecule has 0 saturated heterocycles. The van der Waals surface area contributed by atoms with E-state index in [-0.39, 0.29) is 23.6 Å². The summed E-state index contributed by atoms with van der Waals surface area (Å²) in [6.07, 6.45) is 2.96. The molecule has 1 amide bonds. The molecule has 1 aliphatic carbocycles. The first-order valence-corrected chi connectivity index (χ1v) is 10.1. The van der Waals surface area contributed by atoms with Crippen molar-refractivity contribution in [1.82, 2.24) is 5.32 Å². The van der Waals surface area contributed by atoms with Crippen LogP contribution in [0.15, 0.2) is 24.3 Å². The molecule has 0 heterocycles. The fraction of sp³-hybridized carbons (Fsp3) is 0.529. The van der Waals surface area contributed by atoms with E-state index in [0.717, 1.165) is 0 Å². The van der Waals surface area contributed by atoms with Crippen molar-refractivity contribution in [1.29, 1.82) is 0 Å². The van der Waals surface area contributed by atoms with Crippen molar-refractivity contribution in [2.45, 2.75) is 45.1 Å². The number of carbonyl (C=O) groups excluding carboxylic acids is 1. The molecule has 0 radical (unpaired) electrons. The second kappa shape index (κ2) is 8.33. The van der Waals surface area contributed by atoms with Crippen molar-refractivity contribution >= 4 is 27.6 Å². The molecule has 0 aliphatic heterocycles. The van der Waals surface area contributed by atoms with E-state index in [1.54, 1.807) is 31.2 Å². The zero-order valence-corrected chi connectivity index (χ0v) is 15.0. The van der Waals surface area contributed by atoms with E-state index in [0.29, 0.717) is 43.4 Å². The monoisotopic (exact) mass is 368 g/mol. The molecule has 0 bridgehead atoms. The van der Waals surface area contributed by atoms with Gasteiger partial charge in [-0.25, -0.2) is 8.42 Å². The van der Waals surface area contributed by atoms with Gasteiger partial charge in [0, 0.05) is 17.3 Å². The molecule has 8 heteroatoms. The highest BCUT2D eigenvalue weighted by Crippen LogP contribution is 2.24. The first kappa shape index (κ1) is 19.2.